The highest BCUT2D eigenvalue weighted by Gasteiger charge is 2.48. The summed E-state index contributed by atoms with van der Waals surface area (Å²) in [5.41, 5.74) is 0.965. The number of carboxylic acids is 1. The summed E-state index contributed by atoms with van der Waals surface area (Å²) in [5, 5.41) is 12.5. The molecule has 1 amide bonds. The van der Waals surface area contributed by atoms with E-state index in [0.29, 0.717) is 0 Å². The molecule has 5 heteroatoms. The summed E-state index contributed by atoms with van der Waals surface area (Å²) < 4.78 is 0. The van der Waals surface area contributed by atoms with Crippen LogP contribution in [-0.2, 0) is 9.59 Å². The minimum atomic E-state index is -0.865. The van der Waals surface area contributed by atoms with Crippen LogP contribution in [0.5, 0.6) is 0 Å². The second-order valence-corrected chi connectivity index (χ2v) is 6.19. The normalized spacial score (nSPS) is 30.8. The van der Waals surface area contributed by atoms with E-state index in [1.165, 1.54) is 0 Å². The van der Waals surface area contributed by atoms with Gasteiger partial charge < -0.3 is 10.4 Å². The van der Waals surface area contributed by atoms with Crippen molar-refractivity contribution in [2.45, 2.75) is 25.8 Å². The van der Waals surface area contributed by atoms with Gasteiger partial charge in [-0.2, -0.15) is 0 Å². The molecule has 1 heterocycles. The molecular formula is C17H20N2O3. The maximum atomic E-state index is 12.7. The third-order valence-electron chi connectivity index (χ3n) is 4.90. The smallest absolute Gasteiger partial charge is 0.307 e. The quantitative estimate of drug-likeness (QED) is 0.835. The van der Waals surface area contributed by atoms with Crippen LogP contribution in [0.15, 0.2) is 36.7 Å². The summed E-state index contributed by atoms with van der Waals surface area (Å²) in [7, 11) is 0. The fraction of sp³-hybridized carbons (Fsp3) is 0.471. The lowest BCUT2D eigenvalue weighted by molar-refractivity contribution is -0.153. The van der Waals surface area contributed by atoms with Crippen molar-refractivity contribution in [3.8, 4) is 0 Å². The first-order valence-corrected chi connectivity index (χ1v) is 7.69. The number of carbonyl (C=O) groups excluding carboxylic acids is 1. The van der Waals surface area contributed by atoms with Crippen molar-refractivity contribution in [3.05, 3.63) is 42.2 Å². The van der Waals surface area contributed by atoms with Crippen LogP contribution in [0.25, 0.3) is 0 Å². The molecule has 22 heavy (non-hydrogen) atoms. The number of rotatable bonds is 4. The summed E-state index contributed by atoms with van der Waals surface area (Å²) >= 11 is 0. The summed E-state index contributed by atoms with van der Waals surface area (Å²) in [6.45, 7) is 1.90. The Bertz CT molecular complexity index is 599. The highest BCUT2D eigenvalue weighted by molar-refractivity contribution is 5.86. The van der Waals surface area contributed by atoms with Crippen molar-refractivity contribution < 1.29 is 14.7 Å². The molecule has 3 aliphatic rings. The summed E-state index contributed by atoms with van der Waals surface area (Å²) in [4.78, 5) is 28.2. The molecule has 0 aromatic carbocycles. The number of allylic oxidation sites excluding steroid dienone is 2. The highest BCUT2D eigenvalue weighted by Crippen LogP contribution is 2.45. The van der Waals surface area contributed by atoms with Crippen molar-refractivity contribution in [2.75, 3.05) is 0 Å². The number of aliphatic carboxylic acids is 1. The predicted octanol–water partition coefficient (Wildman–Crippen LogP) is 2.17. The SMILES string of the molecule is C[C@@H](NC(=O)[C@H]1[C@@H](C(=O)O)[C@H]2C=C[C@H]1CC2)c1ccncc1. The van der Waals surface area contributed by atoms with Gasteiger partial charge in [0.05, 0.1) is 17.9 Å². The molecule has 1 aromatic heterocycles. The van der Waals surface area contributed by atoms with Gasteiger partial charge in [-0.3, -0.25) is 14.6 Å². The van der Waals surface area contributed by atoms with Crippen LogP contribution in [0.1, 0.15) is 31.4 Å². The number of carboxylic acid groups (broad SMARTS) is 1. The number of nitrogens with one attached hydrogen (secondary N) is 1. The van der Waals surface area contributed by atoms with Gasteiger partial charge >= 0.3 is 5.97 Å². The lowest BCUT2D eigenvalue weighted by Gasteiger charge is -2.42. The second kappa shape index (κ2) is 5.91. The molecule has 1 saturated carbocycles. The van der Waals surface area contributed by atoms with Gasteiger partial charge in [-0.15, -0.1) is 0 Å². The maximum Gasteiger partial charge on any atom is 0.307 e. The molecule has 2 N–H and O–H groups in total. The zero-order valence-corrected chi connectivity index (χ0v) is 12.5. The van der Waals surface area contributed by atoms with Gasteiger partial charge in [-0.25, -0.2) is 0 Å². The number of aromatic nitrogens is 1. The van der Waals surface area contributed by atoms with Crippen molar-refractivity contribution in [3.63, 3.8) is 0 Å². The average Bonchev–Trinajstić information content (AvgIpc) is 2.55. The monoisotopic (exact) mass is 300 g/mol. The average molecular weight is 300 g/mol. The van der Waals surface area contributed by atoms with Gasteiger partial charge in [0.15, 0.2) is 0 Å². The molecular weight excluding hydrogens is 280 g/mol. The van der Waals surface area contributed by atoms with Crippen molar-refractivity contribution in [1.82, 2.24) is 10.3 Å². The van der Waals surface area contributed by atoms with Crippen LogP contribution < -0.4 is 5.32 Å². The molecule has 0 radical (unpaired) electrons. The van der Waals surface area contributed by atoms with E-state index >= 15 is 0 Å². The Hall–Kier alpha value is -2.17. The Balaban J connectivity index is 1.76. The van der Waals surface area contributed by atoms with E-state index in [-0.39, 0.29) is 23.8 Å². The van der Waals surface area contributed by atoms with Gasteiger partial charge in [-0.05, 0) is 49.3 Å². The lowest BCUT2D eigenvalue weighted by Crippen LogP contribution is -2.49. The van der Waals surface area contributed by atoms with E-state index in [1.54, 1.807) is 12.4 Å². The van der Waals surface area contributed by atoms with Crippen molar-refractivity contribution in [2.24, 2.45) is 23.7 Å². The molecule has 0 spiro atoms. The molecule has 3 aliphatic carbocycles. The Labute approximate surface area is 129 Å². The van der Waals surface area contributed by atoms with Crippen LogP contribution in [0.4, 0.5) is 0 Å². The molecule has 4 rings (SSSR count). The van der Waals surface area contributed by atoms with Crippen LogP contribution in [0.3, 0.4) is 0 Å². The van der Waals surface area contributed by atoms with E-state index < -0.39 is 17.8 Å². The Morgan fingerprint density at radius 2 is 1.77 bits per heavy atom. The Kier molecular flexibility index (Phi) is 3.96. The van der Waals surface area contributed by atoms with E-state index in [0.717, 1.165) is 18.4 Å². The lowest BCUT2D eigenvalue weighted by atomic mass is 9.62. The fourth-order valence-corrected chi connectivity index (χ4v) is 3.73. The predicted molar refractivity (Wildman–Crippen MR) is 80.8 cm³/mol. The number of amides is 1. The van der Waals surface area contributed by atoms with E-state index in [2.05, 4.69) is 10.3 Å². The zero-order valence-electron chi connectivity index (χ0n) is 12.5. The number of hydrogen-bond acceptors (Lipinski definition) is 3. The van der Waals surface area contributed by atoms with Crippen LogP contribution in [0, 0.1) is 23.7 Å². The Morgan fingerprint density at radius 1 is 1.18 bits per heavy atom. The minimum Gasteiger partial charge on any atom is -0.481 e. The molecule has 1 aromatic rings. The molecule has 0 aliphatic heterocycles. The fourth-order valence-electron chi connectivity index (χ4n) is 3.73. The minimum absolute atomic E-state index is 0.0190. The van der Waals surface area contributed by atoms with Crippen LogP contribution in [-0.4, -0.2) is 22.0 Å². The number of pyridine rings is 1. The number of carbonyl (C=O) groups is 2. The molecule has 5 nitrogen and oxygen atoms in total. The summed E-state index contributed by atoms with van der Waals surface area (Å²) in [6, 6.07) is 3.55. The molecule has 0 unspecified atom stereocenters. The molecule has 2 bridgehead atoms. The molecule has 116 valence electrons. The third kappa shape index (κ3) is 2.63. The maximum absolute atomic E-state index is 12.7. The summed E-state index contributed by atoms with van der Waals surface area (Å²) in [5.74, 6) is -2.07. The molecule has 5 atom stereocenters. The van der Waals surface area contributed by atoms with Crippen LogP contribution in [0.2, 0.25) is 0 Å². The van der Waals surface area contributed by atoms with Crippen LogP contribution >= 0.6 is 0 Å². The number of hydrogen-bond donors (Lipinski definition) is 2. The molecule has 1 fully saturated rings. The largest absolute Gasteiger partial charge is 0.481 e. The van der Waals surface area contributed by atoms with Gasteiger partial charge in [0.1, 0.15) is 0 Å². The van der Waals surface area contributed by atoms with Crippen molar-refractivity contribution >= 4 is 11.9 Å². The number of nitrogens with zero attached hydrogens (tertiary/aromatic N) is 1. The van der Waals surface area contributed by atoms with Crippen molar-refractivity contribution in [1.29, 1.82) is 0 Å². The molecule has 0 saturated heterocycles. The van der Waals surface area contributed by atoms with Gasteiger partial charge in [0.2, 0.25) is 5.91 Å². The second-order valence-electron chi connectivity index (χ2n) is 6.19. The van der Waals surface area contributed by atoms with Gasteiger partial charge in [-0.1, -0.05) is 12.2 Å². The topological polar surface area (TPSA) is 79.3 Å². The first-order valence-electron chi connectivity index (χ1n) is 7.69. The first kappa shape index (κ1) is 14.8. The van der Waals surface area contributed by atoms with E-state index in [9.17, 15) is 14.7 Å². The number of fused-ring (bicyclic) bond motifs is 2. The van der Waals surface area contributed by atoms with E-state index in [4.69, 9.17) is 0 Å². The zero-order chi connectivity index (χ0) is 15.7. The summed E-state index contributed by atoms with van der Waals surface area (Å²) in [6.07, 6.45) is 9.12. The highest BCUT2D eigenvalue weighted by atomic mass is 16.4. The van der Waals surface area contributed by atoms with Gasteiger partial charge in [0.25, 0.3) is 0 Å². The Morgan fingerprint density at radius 3 is 2.32 bits per heavy atom. The standard InChI is InChI=1S/C17H20N2O3/c1-10(11-6-8-18-9-7-11)19-16(20)14-12-2-4-13(5-3-12)15(14)17(21)22/h2,4,6-10,12-15H,3,5H2,1H3,(H,19,20)(H,21,22)/t10-,12+,13+,14-,15+/m1/s1. The third-order valence-corrected chi connectivity index (χ3v) is 4.90. The first-order chi connectivity index (χ1) is 10.6. The van der Waals surface area contributed by atoms with E-state index in [1.807, 2.05) is 31.2 Å². The van der Waals surface area contributed by atoms with Gasteiger partial charge in [0, 0.05) is 12.4 Å².